The molecular formula is C22H29NO4. The van der Waals surface area contributed by atoms with Gasteiger partial charge in [-0.2, -0.15) is 0 Å². The fourth-order valence-electron chi connectivity index (χ4n) is 3.57. The number of carbonyl (C=O) groups is 1. The van der Waals surface area contributed by atoms with Crippen molar-refractivity contribution in [2.45, 2.75) is 52.5 Å². The lowest BCUT2D eigenvalue weighted by atomic mass is 9.82. The van der Waals surface area contributed by atoms with E-state index in [0.717, 1.165) is 36.3 Å². The summed E-state index contributed by atoms with van der Waals surface area (Å²) in [6.07, 6.45) is 3.50. The second kappa shape index (κ2) is 8.07. The van der Waals surface area contributed by atoms with Gasteiger partial charge in [0.15, 0.2) is 11.5 Å². The van der Waals surface area contributed by atoms with Crippen LogP contribution in [0.5, 0.6) is 11.5 Å². The van der Waals surface area contributed by atoms with Gasteiger partial charge >= 0.3 is 0 Å². The maximum atomic E-state index is 13.4. The van der Waals surface area contributed by atoms with Gasteiger partial charge in [0.1, 0.15) is 5.76 Å². The molecule has 2 heterocycles. The first-order valence-electron chi connectivity index (χ1n) is 9.72. The van der Waals surface area contributed by atoms with Gasteiger partial charge in [-0.05, 0) is 57.9 Å². The summed E-state index contributed by atoms with van der Waals surface area (Å²) in [6.45, 7) is 10.3. The Bertz CT molecular complexity index is 793. The molecule has 146 valence electrons. The highest BCUT2D eigenvalue weighted by Gasteiger charge is 2.35. The van der Waals surface area contributed by atoms with Crippen molar-refractivity contribution in [1.29, 1.82) is 0 Å². The minimum absolute atomic E-state index is 0.114. The SMILES string of the molecule is CCOc1ccc(C(C)(C)C(=O)N2CCCc3occc3C2)cc1OCC. The summed E-state index contributed by atoms with van der Waals surface area (Å²) >= 11 is 0. The first-order valence-corrected chi connectivity index (χ1v) is 9.72. The van der Waals surface area contributed by atoms with Crippen LogP contribution in [0.2, 0.25) is 0 Å². The van der Waals surface area contributed by atoms with Gasteiger partial charge in [0, 0.05) is 25.1 Å². The molecular weight excluding hydrogens is 342 g/mol. The fraction of sp³-hybridized carbons (Fsp3) is 0.500. The molecule has 0 radical (unpaired) electrons. The van der Waals surface area contributed by atoms with Crippen molar-refractivity contribution in [3.63, 3.8) is 0 Å². The molecule has 0 N–H and O–H groups in total. The number of rotatable bonds is 6. The van der Waals surface area contributed by atoms with E-state index in [0.29, 0.717) is 31.3 Å². The smallest absolute Gasteiger partial charge is 0.232 e. The van der Waals surface area contributed by atoms with E-state index in [9.17, 15) is 4.79 Å². The molecule has 0 saturated heterocycles. The van der Waals surface area contributed by atoms with E-state index in [-0.39, 0.29) is 5.91 Å². The van der Waals surface area contributed by atoms with Gasteiger partial charge in [-0.25, -0.2) is 0 Å². The second-order valence-corrected chi connectivity index (χ2v) is 7.35. The van der Waals surface area contributed by atoms with Gasteiger partial charge in [-0.1, -0.05) is 6.07 Å². The van der Waals surface area contributed by atoms with Crippen LogP contribution in [-0.2, 0) is 23.2 Å². The first kappa shape index (κ1) is 19.3. The quantitative estimate of drug-likeness (QED) is 0.758. The highest BCUT2D eigenvalue weighted by molar-refractivity contribution is 5.87. The fourth-order valence-corrected chi connectivity index (χ4v) is 3.57. The van der Waals surface area contributed by atoms with E-state index < -0.39 is 5.41 Å². The molecule has 0 fully saturated rings. The number of ether oxygens (including phenoxy) is 2. The molecule has 0 saturated carbocycles. The summed E-state index contributed by atoms with van der Waals surface area (Å²) in [5, 5.41) is 0. The Morgan fingerprint density at radius 2 is 1.89 bits per heavy atom. The van der Waals surface area contributed by atoms with Crippen molar-refractivity contribution in [3.05, 3.63) is 47.4 Å². The zero-order valence-corrected chi connectivity index (χ0v) is 16.7. The molecule has 0 spiro atoms. The van der Waals surface area contributed by atoms with Crippen LogP contribution in [0.1, 0.15) is 51.0 Å². The van der Waals surface area contributed by atoms with Gasteiger partial charge in [0.2, 0.25) is 5.91 Å². The van der Waals surface area contributed by atoms with Gasteiger partial charge in [-0.3, -0.25) is 4.79 Å². The first-order chi connectivity index (χ1) is 13.0. The minimum Gasteiger partial charge on any atom is -0.490 e. The predicted molar refractivity (Wildman–Crippen MR) is 104 cm³/mol. The molecule has 5 heteroatoms. The molecule has 3 rings (SSSR count). The Morgan fingerprint density at radius 1 is 1.15 bits per heavy atom. The monoisotopic (exact) mass is 371 g/mol. The lowest BCUT2D eigenvalue weighted by Crippen LogP contribution is -2.43. The number of fused-ring (bicyclic) bond motifs is 1. The highest BCUT2D eigenvalue weighted by Crippen LogP contribution is 2.35. The molecule has 27 heavy (non-hydrogen) atoms. The lowest BCUT2D eigenvalue weighted by Gasteiger charge is -2.32. The number of furan rings is 1. The molecule has 0 aliphatic carbocycles. The Labute approximate surface area is 161 Å². The van der Waals surface area contributed by atoms with E-state index in [1.807, 2.05) is 56.9 Å². The van der Waals surface area contributed by atoms with Crippen LogP contribution in [0.15, 0.2) is 34.9 Å². The summed E-state index contributed by atoms with van der Waals surface area (Å²) in [4.78, 5) is 15.4. The van der Waals surface area contributed by atoms with Crippen LogP contribution in [0.25, 0.3) is 0 Å². The predicted octanol–water partition coefficient (Wildman–Crippen LogP) is 4.33. The summed E-state index contributed by atoms with van der Waals surface area (Å²) in [5.74, 6) is 2.51. The lowest BCUT2D eigenvalue weighted by molar-refractivity contribution is -0.136. The Hall–Kier alpha value is -2.43. The average Bonchev–Trinajstić information content (AvgIpc) is 2.99. The summed E-state index contributed by atoms with van der Waals surface area (Å²) in [7, 11) is 0. The van der Waals surface area contributed by atoms with Gasteiger partial charge in [0.05, 0.1) is 24.9 Å². The molecule has 5 nitrogen and oxygen atoms in total. The highest BCUT2D eigenvalue weighted by atomic mass is 16.5. The van der Waals surface area contributed by atoms with Crippen LogP contribution >= 0.6 is 0 Å². The number of hydrogen-bond donors (Lipinski definition) is 0. The zero-order chi connectivity index (χ0) is 19.4. The number of nitrogens with zero attached hydrogens (tertiary/aromatic N) is 1. The van der Waals surface area contributed by atoms with Crippen molar-refractivity contribution in [2.75, 3.05) is 19.8 Å². The molecule has 1 aromatic carbocycles. The number of benzene rings is 1. The molecule has 1 amide bonds. The minimum atomic E-state index is -0.662. The summed E-state index contributed by atoms with van der Waals surface area (Å²) in [5.41, 5.74) is 1.37. The third-order valence-electron chi connectivity index (χ3n) is 5.12. The van der Waals surface area contributed by atoms with Crippen LogP contribution in [-0.4, -0.2) is 30.6 Å². The van der Waals surface area contributed by atoms with Crippen molar-refractivity contribution >= 4 is 5.91 Å². The Morgan fingerprint density at radius 3 is 2.63 bits per heavy atom. The molecule has 1 aromatic heterocycles. The van der Waals surface area contributed by atoms with E-state index in [2.05, 4.69) is 0 Å². The molecule has 1 aliphatic heterocycles. The number of carbonyl (C=O) groups excluding carboxylic acids is 1. The maximum Gasteiger partial charge on any atom is 0.232 e. The van der Waals surface area contributed by atoms with Crippen molar-refractivity contribution in [1.82, 2.24) is 4.90 Å². The van der Waals surface area contributed by atoms with E-state index in [4.69, 9.17) is 13.9 Å². The third kappa shape index (κ3) is 3.97. The Balaban J connectivity index is 1.86. The Kier molecular flexibility index (Phi) is 5.78. The van der Waals surface area contributed by atoms with E-state index in [1.54, 1.807) is 6.26 Å². The van der Waals surface area contributed by atoms with Crippen LogP contribution in [0.3, 0.4) is 0 Å². The maximum absolute atomic E-state index is 13.4. The molecule has 1 aliphatic rings. The van der Waals surface area contributed by atoms with Gasteiger partial charge in [0.25, 0.3) is 0 Å². The summed E-state index contributed by atoms with van der Waals surface area (Å²) in [6, 6.07) is 7.77. The standard InChI is InChI=1S/C22H29NO4/c1-5-25-19-10-9-17(14-20(19)26-6-2)22(3,4)21(24)23-12-7-8-18-16(15-23)11-13-27-18/h9-11,13-14H,5-8,12,15H2,1-4H3. The third-order valence-corrected chi connectivity index (χ3v) is 5.12. The zero-order valence-electron chi connectivity index (χ0n) is 16.7. The van der Waals surface area contributed by atoms with E-state index >= 15 is 0 Å². The van der Waals surface area contributed by atoms with E-state index in [1.165, 1.54) is 0 Å². The molecule has 0 atom stereocenters. The second-order valence-electron chi connectivity index (χ2n) is 7.35. The number of aryl methyl sites for hydroxylation is 1. The van der Waals surface area contributed by atoms with Crippen LogP contribution in [0, 0.1) is 0 Å². The largest absolute Gasteiger partial charge is 0.490 e. The molecule has 0 bridgehead atoms. The van der Waals surface area contributed by atoms with Gasteiger partial charge < -0.3 is 18.8 Å². The summed E-state index contributed by atoms with van der Waals surface area (Å²) < 4.78 is 16.9. The number of hydrogen-bond acceptors (Lipinski definition) is 4. The van der Waals surface area contributed by atoms with Crippen molar-refractivity contribution < 1.29 is 18.7 Å². The topological polar surface area (TPSA) is 51.9 Å². The van der Waals surface area contributed by atoms with Crippen LogP contribution < -0.4 is 9.47 Å². The number of amides is 1. The van der Waals surface area contributed by atoms with Crippen LogP contribution in [0.4, 0.5) is 0 Å². The van der Waals surface area contributed by atoms with Crippen molar-refractivity contribution in [3.8, 4) is 11.5 Å². The van der Waals surface area contributed by atoms with Gasteiger partial charge in [-0.15, -0.1) is 0 Å². The molecule has 0 unspecified atom stereocenters. The average molecular weight is 371 g/mol. The normalized spacial score (nSPS) is 14.4. The van der Waals surface area contributed by atoms with Crippen molar-refractivity contribution in [2.24, 2.45) is 0 Å². The molecule has 2 aromatic rings.